The Morgan fingerprint density at radius 3 is 1.37 bits per heavy atom. The predicted molar refractivity (Wildman–Crippen MR) is 235 cm³/mol. The number of carbonyl (C=O) groups excluding carboxylic acids is 2. The standard InChI is InChI=1S/C46H85O13P/c1-3-5-7-9-11-13-14-15-16-17-18-19-20-21-22-23-24-25-26-27-29-31-33-35-40(48)58-38(36-56-39(47)34-32-30-28-12-10-8-6-4-2)37-57-60(54,55)59-46-44(52)42(50)41(49)43(51)45(46)53/h23-24,27,29,38,41-46,49-53H,3-22,25-26,28,30-37H2,1-2H3,(H,54,55)/b24-23+,29-27+/t38-,41?,42+,43?,44?,45?,46?/m1/s1. The molecule has 6 N–H and O–H groups in total. The minimum Gasteiger partial charge on any atom is -0.462 e. The fourth-order valence-electron chi connectivity index (χ4n) is 7.19. The van der Waals surface area contributed by atoms with Crippen molar-refractivity contribution in [3.8, 4) is 0 Å². The van der Waals surface area contributed by atoms with Crippen molar-refractivity contribution in [2.24, 2.45) is 0 Å². The minimum absolute atomic E-state index is 0.0397. The van der Waals surface area contributed by atoms with Crippen molar-refractivity contribution in [1.82, 2.24) is 0 Å². The summed E-state index contributed by atoms with van der Waals surface area (Å²) in [7, 11) is -5.12. The van der Waals surface area contributed by atoms with Gasteiger partial charge in [-0.25, -0.2) is 4.57 Å². The Hall–Kier alpha value is -1.67. The molecule has 13 nitrogen and oxygen atoms in total. The van der Waals surface area contributed by atoms with E-state index in [0.29, 0.717) is 19.3 Å². The molecule has 0 saturated heterocycles. The molecule has 0 aromatic heterocycles. The molecular weight excluding hydrogens is 791 g/mol. The Kier molecular flexibility index (Phi) is 34.5. The molecule has 0 aliphatic heterocycles. The zero-order chi connectivity index (χ0) is 44.3. The monoisotopic (exact) mass is 877 g/mol. The smallest absolute Gasteiger partial charge is 0.462 e. The highest BCUT2D eigenvalue weighted by Gasteiger charge is 2.51. The molecule has 1 saturated carbocycles. The van der Waals surface area contributed by atoms with Crippen LogP contribution in [0.1, 0.15) is 200 Å². The summed E-state index contributed by atoms with van der Waals surface area (Å²) < 4.78 is 33.4. The molecule has 0 heterocycles. The second-order valence-electron chi connectivity index (χ2n) is 16.6. The van der Waals surface area contributed by atoms with Crippen molar-refractivity contribution < 1.29 is 63.1 Å². The summed E-state index contributed by atoms with van der Waals surface area (Å²) in [6, 6.07) is 0. The van der Waals surface area contributed by atoms with Crippen LogP contribution in [0.3, 0.4) is 0 Å². The van der Waals surface area contributed by atoms with E-state index in [1.54, 1.807) is 0 Å². The van der Waals surface area contributed by atoms with Crippen LogP contribution in [-0.2, 0) is 32.7 Å². The van der Waals surface area contributed by atoms with E-state index < -0.39 is 75.7 Å². The van der Waals surface area contributed by atoms with Crippen molar-refractivity contribution in [2.75, 3.05) is 13.2 Å². The average molecular weight is 877 g/mol. The number of aliphatic hydroxyl groups is 5. The lowest BCUT2D eigenvalue weighted by Crippen LogP contribution is -2.64. The van der Waals surface area contributed by atoms with Crippen molar-refractivity contribution in [1.29, 1.82) is 0 Å². The van der Waals surface area contributed by atoms with Crippen molar-refractivity contribution in [2.45, 2.75) is 243 Å². The molecule has 6 unspecified atom stereocenters. The van der Waals surface area contributed by atoms with E-state index in [4.69, 9.17) is 18.5 Å². The molecule has 1 aliphatic rings. The summed E-state index contributed by atoms with van der Waals surface area (Å²) in [5, 5.41) is 50.0. The molecule has 60 heavy (non-hydrogen) atoms. The molecule has 1 rings (SSSR count). The van der Waals surface area contributed by atoms with Crippen LogP contribution in [-0.4, -0.2) is 98.3 Å². The summed E-state index contributed by atoms with van der Waals surface area (Å²) in [5.74, 6) is -1.15. The summed E-state index contributed by atoms with van der Waals surface area (Å²) in [6.45, 7) is 3.23. The van der Waals surface area contributed by atoms with Gasteiger partial charge in [0.25, 0.3) is 0 Å². The van der Waals surface area contributed by atoms with E-state index in [0.717, 1.165) is 38.5 Å². The number of aliphatic hydroxyl groups excluding tert-OH is 5. The van der Waals surface area contributed by atoms with Gasteiger partial charge in [0, 0.05) is 12.8 Å². The number of phosphoric acid groups is 1. The molecule has 0 aromatic rings. The first-order chi connectivity index (χ1) is 28.9. The van der Waals surface area contributed by atoms with Crippen LogP contribution in [0.5, 0.6) is 0 Å². The van der Waals surface area contributed by atoms with Crippen LogP contribution in [0.2, 0.25) is 0 Å². The predicted octanol–water partition coefficient (Wildman–Crippen LogP) is 9.23. The van der Waals surface area contributed by atoms with Gasteiger partial charge in [0.05, 0.1) is 6.61 Å². The zero-order valence-corrected chi connectivity index (χ0v) is 38.2. The number of allylic oxidation sites excluding steroid dienone is 4. The van der Waals surface area contributed by atoms with Crippen LogP contribution in [0, 0.1) is 0 Å². The van der Waals surface area contributed by atoms with Crippen molar-refractivity contribution in [3.05, 3.63) is 24.3 Å². The minimum atomic E-state index is -5.12. The largest absolute Gasteiger partial charge is 0.472 e. The third-order valence-corrected chi connectivity index (χ3v) is 12.0. The SMILES string of the molecule is CCCCCCCCCCCCCCCC/C=C/CC/C=C/CCCC(=O)O[C@H](COC(=O)CCCCCCCCCC)COP(=O)(O)OC1C(O)C(O)C(O)[C@H](O)C1O. The van der Waals surface area contributed by atoms with Gasteiger partial charge in [0.1, 0.15) is 43.2 Å². The van der Waals surface area contributed by atoms with Crippen LogP contribution in [0.4, 0.5) is 0 Å². The second-order valence-corrected chi connectivity index (χ2v) is 18.0. The first kappa shape index (κ1) is 56.3. The van der Waals surface area contributed by atoms with Gasteiger partial charge < -0.3 is 39.9 Å². The Labute approximate surface area is 362 Å². The lowest BCUT2D eigenvalue weighted by molar-refractivity contribution is -0.220. The Morgan fingerprint density at radius 2 is 0.883 bits per heavy atom. The quantitative estimate of drug-likeness (QED) is 0.0147. The Bertz CT molecular complexity index is 1150. The zero-order valence-electron chi connectivity index (χ0n) is 37.3. The molecule has 0 radical (unpaired) electrons. The van der Waals surface area contributed by atoms with Crippen LogP contribution in [0.15, 0.2) is 24.3 Å². The number of esters is 2. The van der Waals surface area contributed by atoms with E-state index in [1.807, 2.05) is 6.08 Å². The molecule has 0 amide bonds. The number of unbranched alkanes of at least 4 members (excludes halogenated alkanes) is 23. The fourth-order valence-corrected chi connectivity index (χ4v) is 8.16. The fraction of sp³-hybridized carbons (Fsp3) is 0.870. The van der Waals surface area contributed by atoms with Crippen molar-refractivity contribution in [3.63, 3.8) is 0 Å². The normalized spacial score (nSPS) is 22.3. The van der Waals surface area contributed by atoms with Crippen LogP contribution in [0.25, 0.3) is 0 Å². The van der Waals surface area contributed by atoms with E-state index >= 15 is 0 Å². The maximum absolute atomic E-state index is 12.8. The molecule has 1 fully saturated rings. The number of rotatable bonds is 39. The third-order valence-electron chi connectivity index (χ3n) is 11.0. The molecule has 0 aromatic carbocycles. The molecule has 14 heteroatoms. The second kappa shape index (κ2) is 36.8. The Balaban J connectivity index is 2.38. The summed E-state index contributed by atoms with van der Waals surface area (Å²) in [6.07, 6.45) is 27.1. The summed E-state index contributed by atoms with van der Waals surface area (Å²) >= 11 is 0. The maximum atomic E-state index is 12.8. The highest BCUT2D eigenvalue weighted by molar-refractivity contribution is 7.47. The lowest BCUT2D eigenvalue weighted by Gasteiger charge is -2.41. The first-order valence-corrected chi connectivity index (χ1v) is 25.1. The third kappa shape index (κ3) is 28.8. The molecule has 0 bridgehead atoms. The first-order valence-electron chi connectivity index (χ1n) is 23.6. The number of carbonyl (C=O) groups is 2. The van der Waals surface area contributed by atoms with Gasteiger partial charge in [0.2, 0.25) is 0 Å². The van der Waals surface area contributed by atoms with Gasteiger partial charge in [-0.1, -0.05) is 167 Å². The van der Waals surface area contributed by atoms with Gasteiger partial charge >= 0.3 is 19.8 Å². The topological polar surface area (TPSA) is 210 Å². The summed E-state index contributed by atoms with van der Waals surface area (Å²) in [4.78, 5) is 35.5. The average Bonchev–Trinajstić information content (AvgIpc) is 3.23. The highest BCUT2D eigenvalue weighted by atomic mass is 31.2. The molecule has 1 aliphatic carbocycles. The number of ether oxygens (including phenoxy) is 2. The van der Waals surface area contributed by atoms with E-state index in [-0.39, 0.29) is 12.8 Å². The maximum Gasteiger partial charge on any atom is 0.472 e. The highest BCUT2D eigenvalue weighted by Crippen LogP contribution is 2.47. The number of phosphoric ester groups is 1. The van der Waals surface area contributed by atoms with Gasteiger partial charge in [-0.15, -0.1) is 0 Å². The molecule has 8 atom stereocenters. The van der Waals surface area contributed by atoms with Gasteiger partial charge in [-0.05, 0) is 44.9 Å². The lowest BCUT2D eigenvalue weighted by atomic mass is 9.85. The molecule has 352 valence electrons. The number of hydrogen-bond donors (Lipinski definition) is 6. The van der Waals surface area contributed by atoms with E-state index in [9.17, 15) is 44.6 Å². The van der Waals surface area contributed by atoms with Gasteiger partial charge in [-0.3, -0.25) is 18.6 Å². The molecular formula is C46H85O13P. The van der Waals surface area contributed by atoms with Crippen LogP contribution < -0.4 is 0 Å². The van der Waals surface area contributed by atoms with Crippen LogP contribution >= 0.6 is 7.82 Å². The van der Waals surface area contributed by atoms with E-state index in [1.165, 1.54) is 116 Å². The van der Waals surface area contributed by atoms with E-state index in [2.05, 4.69) is 32.1 Å². The Morgan fingerprint density at radius 1 is 0.500 bits per heavy atom. The molecule has 0 spiro atoms. The van der Waals surface area contributed by atoms with Gasteiger partial charge in [0.15, 0.2) is 6.10 Å². The number of hydrogen-bond acceptors (Lipinski definition) is 12. The van der Waals surface area contributed by atoms with Crippen molar-refractivity contribution >= 4 is 19.8 Å². The summed E-state index contributed by atoms with van der Waals surface area (Å²) in [5.41, 5.74) is 0. The van der Waals surface area contributed by atoms with Gasteiger partial charge in [-0.2, -0.15) is 0 Å².